The van der Waals surface area contributed by atoms with Gasteiger partial charge in [-0.1, -0.05) is 53.4 Å². The quantitative estimate of drug-likeness (QED) is 0.360. The summed E-state index contributed by atoms with van der Waals surface area (Å²) in [6.07, 6.45) is 15.8. The molecule has 1 aliphatic carbocycles. The zero-order valence-corrected chi connectivity index (χ0v) is 25.5. The number of nitrogens with zero attached hydrogens (tertiary/aromatic N) is 3. The average molecular weight is 607 g/mol. The van der Waals surface area contributed by atoms with Crippen molar-refractivity contribution in [3.05, 3.63) is 93.6 Å². The molecule has 0 spiro atoms. The van der Waals surface area contributed by atoms with Gasteiger partial charge in [-0.25, -0.2) is 0 Å². The Morgan fingerprint density at radius 2 is 1.68 bits per heavy atom. The lowest BCUT2D eigenvalue weighted by atomic mass is 10.1. The van der Waals surface area contributed by atoms with E-state index in [4.69, 9.17) is 0 Å². The number of hydrogen-bond donors (Lipinski definition) is 0. The summed E-state index contributed by atoms with van der Waals surface area (Å²) in [5.41, 5.74) is 7.19. The number of allylic oxidation sites excluding steroid dienone is 5. The van der Waals surface area contributed by atoms with E-state index in [9.17, 15) is 0 Å². The zero-order valence-electron chi connectivity index (χ0n) is 22.3. The predicted octanol–water partition coefficient (Wildman–Crippen LogP) is 5.16. The van der Waals surface area contributed by atoms with E-state index >= 15 is 0 Å². The maximum absolute atomic E-state index is 2.67. The number of piperidine rings is 1. The van der Waals surface area contributed by atoms with E-state index < -0.39 is 0 Å². The summed E-state index contributed by atoms with van der Waals surface area (Å²) in [5, 5.41) is 2.68. The van der Waals surface area contributed by atoms with Gasteiger partial charge in [0.1, 0.15) is 11.2 Å². The number of thioether (sulfide) groups is 1. The number of rotatable bonds is 6. The minimum atomic E-state index is 0. The highest BCUT2D eigenvalue weighted by Gasteiger charge is 2.26. The van der Waals surface area contributed by atoms with Crippen molar-refractivity contribution in [2.45, 2.75) is 57.4 Å². The molecule has 1 aromatic heterocycles. The third-order valence-corrected chi connectivity index (χ3v) is 9.97. The van der Waals surface area contributed by atoms with E-state index in [0.29, 0.717) is 0 Å². The molecule has 198 valence electrons. The van der Waals surface area contributed by atoms with E-state index in [1.165, 1.54) is 80.0 Å². The molecule has 2 aromatic carbocycles. The van der Waals surface area contributed by atoms with Crippen molar-refractivity contribution < 1.29 is 21.5 Å². The van der Waals surface area contributed by atoms with Crippen LogP contribution in [0, 0.1) is 0 Å². The molecule has 1 fully saturated rings. The SMILES string of the molecule is CCN1/C(=C\C=C2/CCC(/C=C/c3sc4ccccc4[n+]3CC)=C2N2CCCCC2)Sc2ccccc21.[Br-]. The van der Waals surface area contributed by atoms with Gasteiger partial charge in [-0.2, -0.15) is 4.57 Å². The fourth-order valence-corrected chi connectivity index (χ4v) is 8.17. The summed E-state index contributed by atoms with van der Waals surface area (Å²) in [4.78, 5) is 6.48. The summed E-state index contributed by atoms with van der Waals surface area (Å²) in [6.45, 7) is 8.85. The van der Waals surface area contributed by atoms with Crippen molar-refractivity contribution in [1.29, 1.82) is 0 Å². The molecule has 0 radical (unpaired) electrons. The highest BCUT2D eigenvalue weighted by molar-refractivity contribution is 8.03. The molecule has 3 aromatic rings. The van der Waals surface area contributed by atoms with Gasteiger partial charge >= 0.3 is 0 Å². The van der Waals surface area contributed by atoms with Crippen LogP contribution < -0.4 is 26.4 Å². The molecular formula is C32H36BrN3S2. The van der Waals surface area contributed by atoms with Crippen LogP contribution in [0.25, 0.3) is 16.3 Å². The first-order chi connectivity index (χ1) is 18.3. The van der Waals surface area contributed by atoms with E-state index in [-0.39, 0.29) is 17.0 Å². The van der Waals surface area contributed by atoms with Gasteiger partial charge in [0.2, 0.25) is 5.52 Å². The number of likely N-dealkylation sites (tertiary alicyclic amines) is 1. The van der Waals surface area contributed by atoms with Crippen LogP contribution >= 0.6 is 23.1 Å². The average Bonchev–Trinajstić information content (AvgIpc) is 3.63. The maximum atomic E-state index is 2.67. The molecule has 0 saturated carbocycles. The Kier molecular flexibility index (Phi) is 8.81. The molecule has 0 atom stereocenters. The molecule has 6 heteroatoms. The molecule has 38 heavy (non-hydrogen) atoms. The Bertz CT molecular complexity index is 1430. The number of anilines is 1. The van der Waals surface area contributed by atoms with Crippen LogP contribution in [0.1, 0.15) is 51.0 Å². The number of hydrogen-bond acceptors (Lipinski definition) is 4. The molecular weight excluding hydrogens is 570 g/mol. The van der Waals surface area contributed by atoms with E-state index in [2.05, 4.69) is 101 Å². The van der Waals surface area contributed by atoms with Crippen molar-refractivity contribution in [2.24, 2.45) is 0 Å². The Hall–Kier alpha value is -2.28. The molecule has 0 amide bonds. The van der Waals surface area contributed by atoms with Crippen LogP contribution in [0.15, 0.2) is 93.5 Å². The molecule has 1 saturated heterocycles. The van der Waals surface area contributed by atoms with Crippen molar-refractivity contribution in [3.63, 3.8) is 0 Å². The smallest absolute Gasteiger partial charge is 0.262 e. The highest BCUT2D eigenvalue weighted by atomic mass is 79.9. The van der Waals surface area contributed by atoms with Gasteiger partial charge in [-0.05, 0) is 87.4 Å². The second-order valence-corrected chi connectivity index (χ2v) is 12.0. The fourth-order valence-electron chi connectivity index (χ4n) is 5.91. The van der Waals surface area contributed by atoms with Gasteiger partial charge in [0, 0.05) is 42.4 Å². The van der Waals surface area contributed by atoms with Crippen molar-refractivity contribution >= 4 is 45.1 Å². The first-order valence-electron chi connectivity index (χ1n) is 13.8. The Morgan fingerprint density at radius 1 is 0.895 bits per heavy atom. The van der Waals surface area contributed by atoms with Crippen LogP contribution in [0.2, 0.25) is 0 Å². The van der Waals surface area contributed by atoms with Gasteiger partial charge in [-0.3, -0.25) is 0 Å². The number of halogens is 1. The minimum absolute atomic E-state index is 0. The normalized spacial score (nSPS) is 19.8. The lowest BCUT2D eigenvalue weighted by molar-refractivity contribution is -0.665. The standard InChI is InChI=1S/C32H36N3S2.BrH/c1-3-34-26-12-6-8-14-28(26)36-30(34)20-18-24-16-17-25(32(24)33-22-10-5-11-23-33)19-21-31-35(4-2)27-13-7-9-15-29(27)37-31;/h6-9,12-15,18-21H,3-5,10-11,16-17,22-23H2,1-2H3;1H/q+1;/p-1. The monoisotopic (exact) mass is 605 g/mol. The Balaban J connectivity index is 0.00000294. The van der Waals surface area contributed by atoms with Gasteiger partial charge in [0.15, 0.2) is 0 Å². The van der Waals surface area contributed by atoms with Crippen LogP contribution in [-0.2, 0) is 6.54 Å². The maximum Gasteiger partial charge on any atom is 0.262 e. The number of thiazole rings is 1. The van der Waals surface area contributed by atoms with Crippen LogP contribution in [0.3, 0.4) is 0 Å². The van der Waals surface area contributed by atoms with Crippen LogP contribution in [-0.4, -0.2) is 24.5 Å². The fraction of sp³-hybridized carbons (Fsp3) is 0.344. The molecule has 3 aliphatic rings. The molecule has 6 rings (SSSR count). The third-order valence-electron chi connectivity index (χ3n) is 7.70. The van der Waals surface area contributed by atoms with E-state index in [1.54, 1.807) is 0 Å². The zero-order chi connectivity index (χ0) is 25.2. The minimum Gasteiger partial charge on any atom is -1.00 e. The molecule has 2 aliphatic heterocycles. The molecule has 3 heterocycles. The van der Waals surface area contributed by atoms with Crippen molar-refractivity contribution in [3.8, 4) is 0 Å². The summed E-state index contributed by atoms with van der Waals surface area (Å²) in [5.74, 6) is 0. The molecule has 0 N–H and O–H groups in total. The molecule has 0 bridgehead atoms. The van der Waals surface area contributed by atoms with Crippen LogP contribution in [0.4, 0.5) is 5.69 Å². The Morgan fingerprint density at radius 3 is 2.50 bits per heavy atom. The third kappa shape index (κ3) is 5.28. The van der Waals surface area contributed by atoms with Gasteiger partial charge in [0.25, 0.3) is 5.01 Å². The molecule has 0 unspecified atom stereocenters. The lowest BCUT2D eigenvalue weighted by Gasteiger charge is -2.31. The summed E-state index contributed by atoms with van der Waals surface area (Å²) in [6, 6.07) is 17.6. The first kappa shape index (κ1) is 27.3. The number of para-hydroxylation sites is 2. The van der Waals surface area contributed by atoms with Gasteiger partial charge < -0.3 is 26.8 Å². The Labute approximate surface area is 246 Å². The van der Waals surface area contributed by atoms with E-state index in [0.717, 1.165) is 25.9 Å². The number of aromatic nitrogens is 1. The topological polar surface area (TPSA) is 10.4 Å². The lowest BCUT2D eigenvalue weighted by Crippen LogP contribution is -3.00. The van der Waals surface area contributed by atoms with Gasteiger partial charge in [0.05, 0.1) is 10.7 Å². The van der Waals surface area contributed by atoms with Crippen LogP contribution in [0.5, 0.6) is 0 Å². The highest BCUT2D eigenvalue weighted by Crippen LogP contribution is 2.46. The van der Waals surface area contributed by atoms with Crippen molar-refractivity contribution in [1.82, 2.24) is 4.90 Å². The molecule has 3 nitrogen and oxygen atoms in total. The predicted molar refractivity (Wildman–Crippen MR) is 160 cm³/mol. The summed E-state index contributed by atoms with van der Waals surface area (Å²) < 4.78 is 3.81. The number of fused-ring (bicyclic) bond motifs is 2. The largest absolute Gasteiger partial charge is 1.00 e. The van der Waals surface area contributed by atoms with E-state index in [1.807, 2.05) is 23.1 Å². The second-order valence-electron chi connectivity index (χ2n) is 9.92. The number of benzene rings is 2. The van der Waals surface area contributed by atoms with Gasteiger partial charge in [-0.15, -0.1) is 0 Å². The second kappa shape index (κ2) is 12.3. The first-order valence-corrected chi connectivity index (χ1v) is 15.4. The summed E-state index contributed by atoms with van der Waals surface area (Å²) in [7, 11) is 0. The number of aryl methyl sites for hydroxylation is 1. The van der Waals surface area contributed by atoms with Crippen molar-refractivity contribution in [2.75, 3.05) is 24.5 Å². The summed E-state index contributed by atoms with van der Waals surface area (Å²) >= 11 is 3.80.